The fourth-order valence-corrected chi connectivity index (χ4v) is 2.84. The Balaban J connectivity index is 2.06. The lowest BCUT2D eigenvalue weighted by Crippen LogP contribution is -2.29. The van der Waals surface area contributed by atoms with Gasteiger partial charge in [-0.2, -0.15) is 0 Å². The summed E-state index contributed by atoms with van der Waals surface area (Å²) in [4.78, 5) is 19.4. The van der Waals surface area contributed by atoms with Crippen LogP contribution in [0.3, 0.4) is 0 Å². The van der Waals surface area contributed by atoms with E-state index >= 15 is 0 Å². The number of aromatic nitrogens is 2. The molecule has 1 amide bonds. The lowest BCUT2D eigenvalue weighted by atomic mass is 10.4. The highest BCUT2D eigenvalue weighted by atomic mass is 32.2. The molecule has 0 aliphatic heterocycles. The van der Waals surface area contributed by atoms with E-state index in [0.717, 1.165) is 11.1 Å². The van der Waals surface area contributed by atoms with Crippen LogP contribution in [0.4, 0.5) is 0 Å². The summed E-state index contributed by atoms with van der Waals surface area (Å²) in [6.07, 6.45) is 5.20. The molecule has 1 N–H and O–H groups in total. The minimum absolute atomic E-state index is 0.0637. The van der Waals surface area contributed by atoms with Gasteiger partial charge in [-0.3, -0.25) is 9.78 Å². The van der Waals surface area contributed by atoms with Crippen LogP contribution in [0, 0.1) is 6.92 Å². The van der Waals surface area contributed by atoms with Crippen molar-refractivity contribution in [3.8, 4) is 0 Å². The van der Waals surface area contributed by atoms with Crippen molar-refractivity contribution in [2.75, 3.05) is 0 Å². The summed E-state index contributed by atoms with van der Waals surface area (Å²) in [6, 6.07) is 2.84. The Kier molecular flexibility index (Phi) is 4.26. The summed E-state index contributed by atoms with van der Waals surface area (Å²) in [5.41, 5.74) is 0.612. The number of nitrogens with zero attached hydrogens (tertiary/aromatic N) is 2. The second-order valence-corrected chi connectivity index (χ2v) is 6.53. The molecule has 2 aromatic rings. The number of carbonyl (C=O) groups excluding carboxylic acids is 1. The van der Waals surface area contributed by atoms with Crippen LogP contribution in [0.25, 0.3) is 6.08 Å². The molecule has 0 unspecified atom stereocenters. The van der Waals surface area contributed by atoms with E-state index in [1.807, 2.05) is 11.6 Å². The number of amides is 1. The third kappa shape index (κ3) is 3.72. The number of thiazole rings is 1. The lowest BCUT2D eigenvalue weighted by molar-refractivity contribution is -0.114. The van der Waals surface area contributed by atoms with Crippen molar-refractivity contribution in [1.82, 2.24) is 14.7 Å². The van der Waals surface area contributed by atoms with Gasteiger partial charge in [0.05, 0.1) is 10.7 Å². The molecule has 0 saturated heterocycles. The summed E-state index contributed by atoms with van der Waals surface area (Å²) in [6.45, 7) is 1.84. The van der Waals surface area contributed by atoms with Crippen LogP contribution in [0.5, 0.6) is 0 Å². The van der Waals surface area contributed by atoms with Crippen molar-refractivity contribution < 1.29 is 13.2 Å². The zero-order valence-electron chi connectivity index (χ0n) is 10.5. The molecule has 0 bridgehead atoms. The van der Waals surface area contributed by atoms with Gasteiger partial charge < -0.3 is 0 Å². The lowest BCUT2D eigenvalue weighted by Gasteiger charge is -2.03. The van der Waals surface area contributed by atoms with Gasteiger partial charge in [0.2, 0.25) is 0 Å². The van der Waals surface area contributed by atoms with Crippen molar-refractivity contribution in [2.24, 2.45) is 0 Å². The predicted octanol–water partition coefficient (Wildman–Crippen LogP) is 1.36. The Bertz CT molecular complexity index is 736. The van der Waals surface area contributed by atoms with E-state index in [2.05, 4.69) is 9.97 Å². The molecule has 0 spiro atoms. The molecule has 104 valence electrons. The van der Waals surface area contributed by atoms with E-state index in [9.17, 15) is 13.2 Å². The van der Waals surface area contributed by atoms with Crippen LogP contribution < -0.4 is 4.72 Å². The van der Waals surface area contributed by atoms with Gasteiger partial charge in [-0.15, -0.1) is 11.3 Å². The van der Waals surface area contributed by atoms with Gasteiger partial charge in [0, 0.05) is 23.8 Å². The molecule has 0 fully saturated rings. The summed E-state index contributed by atoms with van der Waals surface area (Å²) in [7, 11) is -3.89. The highest BCUT2D eigenvalue weighted by Gasteiger charge is 2.15. The van der Waals surface area contributed by atoms with Gasteiger partial charge in [-0.1, -0.05) is 0 Å². The van der Waals surface area contributed by atoms with Crippen LogP contribution in [0.1, 0.15) is 10.7 Å². The average Bonchev–Trinajstić information content (AvgIpc) is 2.83. The first-order chi connectivity index (χ1) is 9.47. The molecule has 2 heterocycles. The second kappa shape index (κ2) is 5.93. The minimum Gasteiger partial charge on any atom is -0.269 e. The van der Waals surface area contributed by atoms with Crippen LogP contribution in [0.15, 0.2) is 40.9 Å². The molecule has 0 atom stereocenters. The maximum absolute atomic E-state index is 11.8. The Labute approximate surface area is 120 Å². The molecular formula is C12H11N3O3S2. The summed E-state index contributed by atoms with van der Waals surface area (Å²) < 4.78 is 25.6. The maximum Gasteiger partial charge on any atom is 0.265 e. The zero-order valence-corrected chi connectivity index (χ0v) is 12.1. The van der Waals surface area contributed by atoms with Crippen molar-refractivity contribution in [3.05, 3.63) is 46.7 Å². The number of sulfonamides is 1. The summed E-state index contributed by atoms with van der Waals surface area (Å²) in [5.74, 6) is -0.737. The molecule has 0 aliphatic carbocycles. The first-order valence-electron chi connectivity index (χ1n) is 5.54. The van der Waals surface area contributed by atoms with E-state index in [1.54, 1.807) is 5.38 Å². The number of nitrogens with one attached hydrogen (secondary N) is 1. The van der Waals surface area contributed by atoms with Gasteiger partial charge in [0.1, 0.15) is 4.90 Å². The van der Waals surface area contributed by atoms with Crippen LogP contribution in [0.2, 0.25) is 0 Å². The van der Waals surface area contributed by atoms with Gasteiger partial charge in [0.25, 0.3) is 15.9 Å². The number of aryl methyl sites for hydroxylation is 1. The van der Waals surface area contributed by atoms with Gasteiger partial charge >= 0.3 is 0 Å². The van der Waals surface area contributed by atoms with Crippen LogP contribution in [-0.4, -0.2) is 24.3 Å². The molecule has 0 aromatic carbocycles. The van der Waals surface area contributed by atoms with Crippen LogP contribution >= 0.6 is 11.3 Å². The number of carbonyl (C=O) groups is 1. The molecule has 0 radical (unpaired) electrons. The Hall–Kier alpha value is -2.06. The maximum atomic E-state index is 11.8. The van der Waals surface area contributed by atoms with E-state index in [0.29, 0.717) is 5.69 Å². The molecular weight excluding hydrogens is 298 g/mol. The fraction of sp³-hybridized carbons (Fsp3) is 0.0833. The van der Waals surface area contributed by atoms with Crippen molar-refractivity contribution in [1.29, 1.82) is 0 Å². The van der Waals surface area contributed by atoms with Crippen molar-refractivity contribution >= 4 is 33.3 Å². The third-order valence-electron chi connectivity index (χ3n) is 2.22. The van der Waals surface area contributed by atoms with Crippen molar-refractivity contribution in [2.45, 2.75) is 11.8 Å². The molecule has 6 nitrogen and oxygen atoms in total. The van der Waals surface area contributed by atoms with Gasteiger partial charge in [-0.05, 0) is 25.1 Å². The van der Waals surface area contributed by atoms with E-state index in [-0.39, 0.29) is 4.90 Å². The average molecular weight is 309 g/mol. The fourth-order valence-electron chi connectivity index (χ4n) is 1.35. The predicted molar refractivity (Wildman–Crippen MR) is 75.5 cm³/mol. The SMILES string of the molecule is Cc1nc(/C=C/C(=O)NS(=O)(=O)c2cccnc2)cs1. The largest absolute Gasteiger partial charge is 0.269 e. The Morgan fingerprint density at radius 3 is 2.85 bits per heavy atom. The zero-order chi connectivity index (χ0) is 14.6. The van der Waals surface area contributed by atoms with Gasteiger partial charge in [-0.25, -0.2) is 18.1 Å². The van der Waals surface area contributed by atoms with E-state index in [4.69, 9.17) is 0 Å². The smallest absolute Gasteiger partial charge is 0.265 e. The third-order valence-corrected chi connectivity index (χ3v) is 4.35. The Morgan fingerprint density at radius 2 is 2.25 bits per heavy atom. The van der Waals surface area contributed by atoms with Crippen LogP contribution in [-0.2, 0) is 14.8 Å². The normalized spacial score (nSPS) is 11.7. The molecule has 8 heteroatoms. The van der Waals surface area contributed by atoms with E-state index in [1.165, 1.54) is 41.9 Å². The Morgan fingerprint density at radius 1 is 1.45 bits per heavy atom. The summed E-state index contributed by atoms with van der Waals surface area (Å²) in [5, 5.41) is 2.64. The second-order valence-electron chi connectivity index (χ2n) is 3.78. The molecule has 2 rings (SSSR count). The van der Waals surface area contributed by atoms with E-state index < -0.39 is 15.9 Å². The molecule has 0 saturated carbocycles. The minimum atomic E-state index is -3.89. The quantitative estimate of drug-likeness (QED) is 0.862. The topological polar surface area (TPSA) is 89.0 Å². The molecule has 20 heavy (non-hydrogen) atoms. The molecule has 0 aliphatic rings. The number of pyridine rings is 1. The summed E-state index contributed by atoms with van der Waals surface area (Å²) >= 11 is 1.45. The first kappa shape index (κ1) is 14.4. The molecule has 2 aromatic heterocycles. The first-order valence-corrected chi connectivity index (χ1v) is 7.91. The number of rotatable bonds is 4. The highest BCUT2D eigenvalue weighted by Crippen LogP contribution is 2.09. The number of hydrogen-bond acceptors (Lipinski definition) is 6. The monoisotopic (exact) mass is 309 g/mol. The van der Waals surface area contributed by atoms with Gasteiger partial charge in [0.15, 0.2) is 0 Å². The highest BCUT2D eigenvalue weighted by molar-refractivity contribution is 7.90. The number of hydrogen-bond donors (Lipinski definition) is 1. The standard InChI is InChI=1S/C12H11N3O3S2/c1-9-14-10(8-19-9)4-5-12(16)15-20(17,18)11-3-2-6-13-7-11/h2-8H,1H3,(H,15,16)/b5-4+. The van der Waals surface area contributed by atoms with Crippen molar-refractivity contribution in [3.63, 3.8) is 0 Å².